The smallest absolute Gasteiger partial charge is 0.208 e. The van der Waals surface area contributed by atoms with Gasteiger partial charge in [0.25, 0.3) is 0 Å². The Bertz CT molecular complexity index is 656. The van der Waals surface area contributed by atoms with Crippen molar-refractivity contribution in [2.45, 2.75) is 6.92 Å². The average Bonchev–Trinajstić information content (AvgIpc) is 2.80. The molecule has 5 heteroatoms. The summed E-state index contributed by atoms with van der Waals surface area (Å²) in [6, 6.07) is 7.54. The molecule has 0 aromatic carbocycles. The summed E-state index contributed by atoms with van der Waals surface area (Å²) in [6.45, 7) is 1.93. The van der Waals surface area contributed by atoms with Crippen molar-refractivity contribution in [3.63, 3.8) is 0 Å². The van der Waals surface area contributed by atoms with Crippen LogP contribution in [0.5, 0.6) is 0 Å². The van der Waals surface area contributed by atoms with E-state index in [1.165, 1.54) is 0 Å². The molecule has 0 aliphatic heterocycles. The molecule has 0 fully saturated rings. The topological polar surface area (TPSA) is 43.9 Å². The Morgan fingerprint density at radius 2 is 2.19 bits per heavy atom. The van der Waals surface area contributed by atoms with Crippen molar-refractivity contribution in [2.75, 3.05) is 0 Å². The summed E-state index contributed by atoms with van der Waals surface area (Å²) < 4.78 is 8.10. The molecule has 16 heavy (non-hydrogen) atoms. The summed E-state index contributed by atoms with van der Waals surface area (Å²) >= 11 is 3.29. The van der Waals surface area contributed by atoms with Gasteiger partial charge in [-0.1, -0.05) is 0 Å². The summed E-state index contributed by atoms with van der Waals surface area (Å²) in [4.78, 5) is 8.74. The van der Waals surface area contributed by atoms with Crippen LogP contribution in [0.4, 0.5) is 0 Å². The zero-order chi connectivity index (χ0) is 11.1. The minimum absolute atomic E-state index is 0.694. The van der Waals surface area contributed by atoms with Gasteiger partial charge < -0.3 is 4.42 Å². The van der Waals surface area contributed by atoms with E-state index < -0.39 is 0 Å². The zero-order valence-corrected chi connectivity index (χ0v) is 10.1. The first-order chi connectivity index (χ1) is 7.75. The molecule has 80 valence electrons. The first-order valence-corrected chi connectivity index (χ1v) is 5.61. The Morgan fingerprint density at radius 3 is 2.94 bits per heavy atom. The fourth-order valence-corrected chi connectivity index (χ4v) is 2.01. The quantitative estimate of drug-likeness (QED) is 0.687. The van der Waals surface area contributed by atoms with Gasteiger partial charge in [0.2, 0.25) is 5.88 Å². The lowest BCUT2D eigenvalue weighted by molar-refractivity contribution is 0.515. The number of hydrogen-bond donors (Lipinski definition) is 0. The second kappa shape index (κ2) is 3.45. The normalized spacial score (nSPS) is 11.1. The highest BCUT2D eigenvalue weighted by Crippen LogP contribution is 2.23. The summed E-state index contributed by atoms with van der Waals surface area (Å²) in [6.07, 6.45) is 1.75. The number of imidazole rings is 1. The summed E-state index contributed by atoms with van der Waals surface area (Å²) in [5.74, 6) is 1.57. The number of furan rings is 1. The molecule has 3 aromatic rings. The molecule has 0 atom stereocenters. The van der Waals surface area contributed by atoms with Crippen LogP contribution in [0.15, 0.2) is 39.5 Å². The van der Waals surface area contributed by atoms with Crippen molar-refractivity contribution in [3.05, 3.63) is 41.0 Å². The van der Waals surface area contributed by atoms with Crippen molar-refractivity contribution >= 4 is 27.1 Å². The van der Waals surface area contributed by atoms with Crippen molar-refractivity contribution in [3.8, 4) is 5.88 Å². The standard InChI is InChI=1S/C11H8BrN3O/c1-7-14-8-3-2-6-13-11(8)15(7)10-5-4-9(12)16-10/h2-6H,1H3. The Balaban J connectivity index is 2.34. The number of fused-ring (bicyclic) bond motifs is 1. The Labute approximate surface area is 100 Å². The molecular weight excluding hydrogens is 270 g/mol. The third-order valence-corrected chi connectivity index (χ3v) is 2.79. The number of nitrogens with zero attached hydrogens (tertiary/aromatic N) is 3. The molecule has 0 N–H and O–H groups in total. The Hall–Kier alpha value is -1.62. The van der Waals surface area contributed by atoms with E-state index in [2.05, 4.69) is 25.9 Å². The lowest BCUT2D eigenvalue weighted by Crippen LogP contribution is -1.95. The molecule has 3 aromatic heterocycles. The van der Waals surface area contributed by atoms with Gasteiger partial charge in [-0.3, -0.25) is 4.57 Å². The fourth-order valence-electron chi connectivity index (χ4n) is 1.71. The summed E-state index contributed by atoms with van der Waals surface area (Å²) in [5.41, 5.74) is 1.68. The van der Waals surface area contributed by atoms with Crippen LogP contribution in [0.25, 0.3) is 17.0 Å². The third kappa shape index (κ3) is 1.36. The van der Waals surface area contributed by atoms with E-state index in [1.54, 1.807) is 6.20 Å². The molecule has 0 saturated heterocycles. The van der Waals surface area contributed by atoms with Crippen LogP contribution in [0, 0.1) is 6.92 Å². The Kier molecular flexibility index (Phi) is 2.07. The minimum atomic E-state index is 0.694. The van der Waals surface area contributed by atoms with Gasteiger partial charge >= 0.3 is 0 Å². The van der Waals surface area contributed by atoms with Gasteiger partial charge in [0.05, 0.1) is 0 Å². The fraction of sp³-hybridized carbons (Fsp3) is 0.0909. The van der Waals surface area contributed by atoms with E-state index in [1.807, 2.05) is 35.8 Å². The lowest BCUT2D eigenvalue weighted by Gasteiger charge is -2.00. The zero-order valence-electron chi connectivity index (χ0n) is 8.51. The number of pyridine rings is 1. The van der Waals surface area contributed by atoms with Gasteiger partial charge in [-0.15, -0.1) is 0 Å². The second-order valence-corrected chi connectivity index (χ2v) is 4.20. The van der Waals surface area contributed by atoms with Crippen LogP contribution >= 0.6 is 15.9 Å². The van der Waals surface area contributed by atoms with Crippen molar-refractivity contribution in [1.29, 1.82) is 0 Å². The van der Waals surface area contributed by atoms with Crippen molar-refractivity contribution in [2.24, 2.45) is 0 Å². The molecule has 4 nitrogen and oxygen atoms in total. The molecule has 0 aliphatic rings. The van der Waals surface area contributed by atoms with Gasteiger partial charge in [-0.2, -0.15) is 0 Å². The maximum absolute atomic E-state index is 5.52. The summed E-state index contributed by atoms with van der Waals surface area (Å²) in [5, 5.41) is 0. The first-order valence-electron chi connectivity index (χ1n) is 4.81. The maximum atomic E-state index is 5.52. The number of hydrogen-bond acceptors (Lipinski definition) is 3. The highest BCUT2D eigenvalue weighted by molar-refractivity contribution is 9.10. The van der Waals surface area contributed by atoms with Crippen LogP contribution < -0.4 is 0 Å². The van der Waals surface area contributed by atoms with Crippen LogP contribution in [-0.4, -0.2) is 14.5 Å². The molecule has 0 bridgehead atoms. The van der Waals surface area contributed by atoms with Crippen molar-refractivity contribution in [1.82, 2.24) is 14.5 Å². The molecule has 0 saturated carbocycles. The minimum Gasteiger partial charge on any atom is -0.433 e. The monoisotopic (exact) mass is 277 g/mol. The van der Waals surface area contributed by atoms with Gasteiger partial charge in [0.1, 0.15) is 11.3 Å². The number of rotatable bonds is 1. The number of aromatic nitrogens is 3. The lowest BCUT2D eigenvalue weighted by atomic mass is 10.4. The Morgan fingerprint density at radius 1 is 1.31 bits per heavy atom. The van der Waals surface area contributed by atoms with E-state index in [9.17, 15) is 0 Å². The van der Waals surface area contributed by atoms with Gasteiger partial charge in [-0.05, 0) is 41.1 Å². The molecular formula is C11H8BrN3O. The van der Waals surface area contributed by atoms with E-state index >= 15 is 0 Å². The highest BCUT2D eigenvalue weighted by Gasteiger charge is 2.12. The molecule has 3 rings (SSSR count). The molecule has 0 radical (unpaired) electrons. The van der Waals surface area contributed by atoms with Gasteiger partial charge in [0, 0.05) is 12.3 Å². The van der Waals surface area contributed by atoms with E-state index in [0.29, 0.717) is 10.6 Å². The van der Waals surface area contributed by atoms with Crippen LogP contribution in [-0.2, 0) is 0 Å². The third-order valence-electron chi connectivity index (χ3n) is 2.36. The molecule has 0 aliphatic carbocycles. The van der Waals surface area contributed by atoms with Crippen LogP contribution in [0.3, 0.4) is 0 Å². The highest BCUT2D eigenvalue weighted by atomic mass is 79.9. The van der Waals surface area contributed by atoms with Crippen LogP contribution in [0.2, 0.25) is 0 Å². The second-order valence-electron chi connectivity index (χ2n) is 3.42. The van der Waals surface area contributed by atoms with Crippen LogP contribution in [0.1, 0.15) is 5.82 Å². The summed E-state index contributed by atoms with van der Waals surface area (Å²) in [7, 11) is 0. The number of aryl methyl sites for hydroxylation is 1. The van der Waals surface area contributed by atoms with Crippen molar-refractivity contribution < 1.29 is 4.42 Å². The van der Waals surface area contributed by atoms with Gasteiger partial charge in [-0.25, -0.2) is 9.97 Å². The predicted molar refractivity (Wildman–Crippen MR) is 63.6 cm³/mol. The van der Waals surface area contributed by atoms with E-state index in [4.69, 9.17) is 4.42 Å². The number of halogens is 1. The molecule has 3 heterocycles. The van der Waals surface area contributed by atoms with E-state index in [0.717, 1.165) is 17.0 Å². The largest absolute Gasteiger partial charge is 0.433 e. The molecule has 0 spiro atoms. The SMILES string of the molecule is Cc1nc2cccnc2n1-c1ccc(Br)o1. The van der Waals surface area contributed by atoms with E-state index in [-0.39, 0.29) is 0 Å². The molecule has 0 amide bonds. The van der Waals surface area contributed by atoms with Gasteiger partial charge in [0.15, 0.2) is 10.3 Å². The maximum Gasteiger partial charge on any atom is 0.208 e. The average molecular weight is 278 g/mol. The first kappa shape index (κ1) is 9.59. The molecule has 0 unspecified atom stereocenters. The predicted octanol–water partition coefficient (Wildman–Crippen LogP) is 3.08.